The summed E-state index contributed by atoms with van der Waals surface area (Å²) in [5.41, 5.74) is 2.85. The first kappa shape index (κ1) is 19.5. The number of carbonyl (C=O) groups is 2. The molecule has 0 aromatic heterocycles. The molecule has 0 N–H and O–H groups in total. The quantitative estimate of drug-likeness (QED) is 0.519. The van der Waals surface area contributed by atoms with Crippen molar-refractivity contribution in [1.29, 1.82) is 0 Å². The second-order valence-electron chi connectivity index (χ2n) is 6.69. The maximum atomic E-state index is 12.1. The standard InChI is InChI=1S/C22H22O6/c1-15-7-11-17(12-8-15)21(23)27-25-19-5-3-4-6-20(19)26-28-22(24)18-13-9-16(2)10-14-18/h7-14H,3-6H2,1-2H3. The van der Waals surface area contributed by atoms with Crippen LogP contribution in [0.1, 0.15) is 57.5 Å². The van der Waals surface area contributed by atoms with Crippen LogP contribution in [0.3, 0.4) is 0 Å². The van der Waals surface area contributed by atoms with E-state index < -0.39 is 11.9 Å². The first-order valence-electron chi connectivity index (χ1n) is 9.16. The zero-order valence-electron chi connectivity index (χ0n) is 15.9. The largest absolute Gasteiger partial charge is 0.386 e. The lowest BCUT2D eigenvalue weighted by molar-refractivity contribution is -0.239. The highest BCUT2D eigenvalue weighted by Crippen LogP contribution is 2.27. The Morgan fingerprint density at radius 1 is 0.643 bits per heavy atom. The molecule has 0 atom stereocenters. The molecular weight excluding hydrogens is 360 g/mol. The second kappa shape index (κ2) is 9.08. The fraction of sp³-hybridized carbons (Fsp3) is 0.273. The van der Waals surface area contributed by atoms with E-state index in [1.807, 2.05) is 38.1 Å². The molecule has 2 aromatic rings. The fourth-order valence-corrected chi connectivity index (χ4v) is 2.68. The lowest BCUT2D eigenvalue weighted by Gasteiger charge is -2.17. The van der Waals surface area contributed by atoms with E-state index in [2.05, 4.69) is 0 Å². The Morgan fingerprint density at radius 3 is 1.36 bits per heavy atom. The Bertz CT molecular complexity index is 791. The van der Waals surface area contributed by atoms with Gasteiger partial charge in [-0.3, -0.25) is 9.78 Å². The number of carbonyl (C=O) groups excluding carboxylic acids is 2. The molecule has 6 heteroatoms. The maximum Gasteiger partial charge on any atom is 0.386 e. The monoisotopic (exact) mass is 382 g/mol. The van der Waals surface area contributed by atoms with E-state index in [0.29, 0.717) is 35.5 Å². The van der Waals surface area contributed by atoms with Crippen molar-refractivity contribution >= 4 is 11.9 Å². The van der Waals surface area contributed by atoms with Gasteiger partial charge in [-0.15, -0.1) is 0 Å². The van der Waals surface area contributed by atoms with Gasteiger partial charge in [0.1, 0.15) is 0 Å². The van der Waals surface area contributed by atoms with E-state index in [4.69, 9.17) is 19.6 Å². The van der Waals surface area contributed by atoms with Crippen molar-refractivity contribution in [3.05, 3.63) is 82.3 Å². The van der Waals surface area contributed by atoms with Gasteiger partial charge in [0.15, 0.2) is 11.5 Å². The van der Waals surface area contributed by atoms with E-state index in [0.717, 1.165) is 24.0 Å². The Hall–Kier alpha value is -3.28. The van der Waals surface area contributed by atoms with Gasteiger partial charge in [0, 0.05) is 12.8 Å². The van der Waals surface area contributed by atoms with Crippen molar-refractivity contribution < 1.29 is 29.1 Å². The number of allylic oxidation sites excluding steroid dienone is 2. The molecule has 0 amide bonds. The number of benzene rings is 2. The molecule has 0 bridgehead atoms. The van der Waals surface area contributed by atoms with Crippen LogP contribution in [0.4, 0.5) is 0 Å². The molecular formula is C22H22O6. The molecule has 28 heavy (non-hydrogen) atoms. The number of hydrogen-bond acceptors (Lipinski definition) is 6. The molecule has 0 radical (unpaired) electrons. The summed E-state index contributed by atoms with van der Waals surface area (Å²) in [6.07, 6.45) is 2.77. The van der Waals surface area contributed by atoms with E-state index in [1.165, 1.54) is 0 Å². The van der Waals surface area contributed by atoms with Crippen molar-refractivity contribution in [2.75, 3.05) is 0 Å². The zero-order valence-corrected chi connectivity index (χ0v) is 15.9. The minimum absolute atomic E-state index is 0.350. The maximum absolute atomic E-state index is 12.1. The first-order chi connectivity index (χ1) is 13.5. The van der Waals surface area contributed by atoms with Crippen LogP contribution < -0.4 is 0 Å². The van der Waals surface area contributed by atoms with Crippen LogP contribution in [-0.2, 0) is 19.6 Å². The van der Waals surface area contributed by atoms with Gasteiger partial charge >= 0.3 is 11.9 Å². The fourth-order valence-electron chi connectivity index (χ4n) is 2.68. The van der Waals surface area contributed by atoms with Gasteiger partial charge in [-0.25, -0.2) is 19.4 Å². The highest BCUT2D eigenvalue weighted by Gasteiger charge is 2.22. The van der Waals surface area contributed by atoms with Crippen molar-refractivity contribution in [1.82, 2.24) is 0 Å². The van der Waals surface area contributed by atoms with Gasteiger partial charge in [-0.2, -0.15) is 0 Å². The molecule has 2 aromatic carbocycles. The first-order valence-corrected chi connectivity index (χ1v) is 9.16. The zero-order chi connectivity index (χ0) is 19.9. The normalized spacial score (nSPS) is 13.6. The molecule has 6 nitrogen and oxygen atoms in total. The number of aryl methyl sites for hydroxylation is 2. The van der Waals surface area contributed by atoms with Gasteiger partial charge in [0.25, 0.3) is 0 Å². The van der Waals surface area contributed by atoms with Crippen LogP contribution in [0.25, 0.3) is 0 Å². The summed E-state index contributed by atoms with van der Waals surface area (Å²) < 4.78 is 0. The Kier molecular flexibility index (Phi) is 6.32. The van der Waals surface area contributed by atoms with Gasteiger partial charge < -0.3 is 0 Å². The van der Waals surface area contributed by atoms with Crippen LogP contribution in [0.15, 0.2) is 60.0 Å². The smallest absolute Gasteiger partial charge is 0.287 e. The summed E-state index contributed by atoms with van der Waals surface area (Å²) in [6, 6.07) is 13.9. The summed E-state index contributed by atoms with van der Waals surface area (Å²) in [5, 5.41) is 0. The Morgan fingerprint density at radius 2 is 1.00 bits per heavy atom. The molecule has 0 aliphatic heterocycles. The molecule has 146 valence electrons. The predicted molar refractivity (Wildman–Crippen MR) is 101 cm³/mol. The molecule has 0 unspecified atom stereocenters. The SMILES string of the molecule is Cc1ccc(C(=O)OOC2=C(OOC(=O)c3ccc(C)cc3)CCCC2)cc1. The topological polar surface area (TPSA) is 71.1 Å². The number of hydrogen-bond donors (Lipinski definition) is 0. The van der Waals surface area contributed by atoms with E-state index in [1.54, 1.807) is 24.3 Å². The minimum atomic E-state index is -0.603. The lowest BCUT2D eigenvalue weighted by atomic mass is 10.0. The minimum Gasteiger partial charge on any atom is -0.287 e. The average molecular weight is 382 g/mol. The highest BCUT2D eigenvalue weighted by atomic mass is 17.2. The molecule has 0 heterocycles. The van der Waals surface area contributed by atoms with Crippen molar-refractivity contribution in [2.45, 2.75) is 39.5 Å². The Labute approximate surface area is 163 Å². The van der Waals surface area contributed by atoms with Crippen LogP contribution in [0.5, 0.6) is 0 Å². The molecule has 1 aliphatic rings. The summed E-state index contributed by atoms with van der Waals surface area (Å²) in [7, 11) is 0. The third-order valence-corrected chi connectivity index (χ3v) is 4.38. The van der Waals surface area contributed by atoms with Crippen LogP contribution >= 0.6 is 0 Å². The van der Waals surface area contributed by atoms with Crippen LogP contribution in [0, 0.1) is 13.8 Å². The van der Waals surface area contributed by atoms with E-state index >= 15 is 0 Å². The Balaban J connectivity index is 1.59. The van der Waals surface area contributed by atoms with Crippen LogP contribution in [-0.4, -0.2) is 11.9 Å². The number of rotatable bonds is 6. The van der Waals surface area contributed by atoms with E-state index in [9.17, 15) is 9.59 Å². The second-order valence-corrected chi connectivity index (χ2v) is 6.69. The van der Waals surface area contributed by atoms with Crippen molar-refractivity contribution in [3.63, 3.8) is 0 Å². The van der Waals surface area contributed by atoms with E-state index in [-0.39, 0.29) is 0 Å². The molecule has 1 aliphatic carbocycles. The summed E-state index contributed by atoms with van der Waals surface area (Å²) in [4.78, 5) is 44.4. The van der Waals surface area contributed by atoms with Gasteiger partial charge in [0.05, 0.1) is 11.1 Å². The highest BCUT2D eigenvalue weighted by molar-refractivity contribution is 5.89. The summed E-state index contributed by atoms with van der Waals surface area (Å²) in [6.45, 7) is 3.86. The van der Waals surface area contributed by atoms with Crippen LogP contribution in [0.2, 0.25) is 0 Å². The molecule has 0 saturated carbocycles. The van der Waals surface area contributed by atoms with Gasteiger partial charge in [-0.1, -0.05) is 35.4 Å². The van der Waals surface area contributed by atoms with Gasteiger partial charge in [-0.05, 0) is 51.0 Å². The summed E-state index contributed by atoms with van der Waals surface area (Å²) >= 11 is 0. The third kappa shape index (κ3) is 5.13. The van der Waals surface area contributed by atoms with Crippen molar-refractivity contribution in [3.8, 4) is 0 Å². The lowest BCUT2D eigenvalue weighted by Crippen LogP contribution is -2.13. The average Bonchev–Trinajstić information content (AvgIpc) is 2.72. The van der Waals surface area contributed by atoms with Gasteiger partial charge in [0.2, 0.25) is 0 Å². The molecule has 3 rings (SSSR count). The third-order valence-electron chi connectivity index (χ3n) is 4.38. The molecule has 0 saturated heterocycles. The summed E-state index contributed by atoms with van der Waals surface area (Å²) in [5.74, 6) is -0.505. The predicted octanol–water partition coefficient (Wildman–Crippen LogP) is 4.97. The molecule has 0 fully saturated rings. The van der Waals surface area contributed by atoms with Crippen molar-refractivity contribution in [2.24, 2.45) is 0 Å². The molecule has 0 spiro atoms.